The minimum atomic E-state index is -0.652. The Labute approximate surface area is 131 Å². The molecule has 2 aromatic heterocycles. The van der Waals surface area contributed by atoms with Gasteiger partial charge in [-0.2, -0.15) is 0 Å². The summed E-state index contributed by atoms with van der Waals surface area (Å²) in [6.45, 7) is 0.243. The van der Waals surface area contributed by atoms with Crippen LogP contribution in [-0.4, -0.2) is 25.9 Å². The van der Waals surface area contributed by atoms with Crippen LogP contribution in [0.3, 0.4) is 0 Å². The Hall–Kier alpha value is -3.09. The molecule has 1 aromatic carbocycles. The van der Waals surface area contributed by atoms with Crippen molar-refractivity contribution in [2.75, 3.05) is 0 Å². The van der Waals surface area contributed by atoms with Crippen LogP contribution in [0.2, 0.25) is 0 Å². The van der Waals surface area contributed by atoms with Gasteiger partial charge in [0.05, 0.1) is 18.4 Å². The predicted octanol–water partition coefficient (Wildman–Crippen LogP) is 2.22. The highest BCUT2D eigenvalue weighted by molar-refractivity contribution is 5.86. The number of nitrogens with zero attached hydrogens (tertiary/aromatic N) is 4. The standard InChI is InChI=1S/C16H13FN4O2/c17-14-7-2-1-5-12(14)11-23-16(22)15-10-21(20-19-15)9-13-6-3-4-8-18-13/h1-8,10H,9,11H2. The van der Waals surface area contributed by atoms with Crippen LogP contribution in [0.25, 0.3) is 0 Å². The van der Waals surface area contributed by atoms with Crippen molar-refractivity contribution in [1.82, 2.24) is 20.0 Å². The maximum atomic E-state index is 13.5. The van der Waals surface area contributed by atoms with Gasteiger partial charge < -0.3 is 4.74 Å². The lowest BCUT2D eigenvalue weighted by molar-refractivity contribution is 0.0462. The quantitative estimate of drug-likeness (QED) is 0.676. The Kier molecular flexibility index (Phi) is 4.37. The smallest absolute Gasteiger partial charge is 0.360 e. The second kappa shape index (κ2) is 6.78. The van der Waals surface area contributed by atoms with Gasteiger partial charge in [-0.15, -0.1) is 5.10 Å². The Morgan fingerprint density at radius 3 is 2.78 bits per heavy atom. The zero-order valence-electron chi connectivity index (χ0n) is 12.1. The Morgan fingerprint density at radius 1 is 1.17 bits per heavy atom. The molecule has 6 nitrogen and oxygen atoms in total. The molecular formula is C16H13FN4O2. The van der Waals surface area contributed by atoms with Crippen molar-refractivity contribution in [3.8, 4) is 0 Å². The van der Waals surface area contributed by atoms with Crippen molar-refractivity contribution in [3.63, 3.8) is 0 Å². The summed E-state index contributed by atoms with van der Waals surface area (Å²) in [6, 6.07) is 11.6. The van der Waals surface area contributed by atoms with E-state index in [0.717, 1.165) is 5.69 Å². The number of aromatic nitrogens is 4. The van der Waals surface area contributed by atoms with Crippen molar-refractivity contribution in [3.05, 3.63) is 77.6 Å². The summed E-state index contributed by atoms with van der Waals surface area (Å²) in [5.74, 6) is -1.07. The fourth-order valence-corrected chi connectivity index (χ4v) is 1.96. The molecule has 0 saturated carbocycles. The molecule has 0 amide bonds. The Morgan fingerprint density at radius 2 is 2.00 bits per heavy atom. The van der Waals surface area contributed by atoms with E-state index >= 15 is 0 Å². The summed E-state index contributed by atoms with van der Waals surface area (Å²) in [4.78, 5) is 16.1. The minimum Gasteiger partial charge on any atom is -0.456 e. The number of halogens is 1. The van der Waals surface area contributed by atoms with Crippen molar-refractivity contribution < 1.29 is 13.9 Å². The number of benzene rings is 1. The summed E-state index contributed by atoms with van der Waals surface area (Å²) in [6.07, 6.45) is 3.15. The number of rotatable bonds is 5. The molecule has 0 aliphatic heterocycles. The highest BCUT2D eigenvalue weighted by atomic mass is 19.1. The molecule has 116 valence electrons. The first kappa shape index (κ1) is 14.8. The molecule has 0 saturated heterocycles. The van der Waals surface area contributed by atoms with Gasteiger partial charge >= 0.3 is 5.97 Å². The largest absolute Gasteiger partial charge is 0.456 e. The summed E-state index contributed by atoms with van der Waals surface area (Å²) in [5.41, 5.74) is 1.17. The molecule has 0 atom stereocenters. The second-order valence-electron chi connectivity index (χ2n) is 4.79. The topological polar surface area (TPSA) is 69.9 Å². The van der Waals surface area contributed by atoms with Crippen LogP contribution in [0.15, 0.2) is 54.9 Å². The molecule has 0 spiro atoms. The number of carbonyl (C=O) groups is 1. The lowest BCUT2D eigenvalue weighted by Gasteiger charge is -2.03. The van der Waals surface area contributed by atoms with Crippen molar-refractivity contribution in [2.45, 2.75) is 13.2 Å². The van der Waals surface area contributed by atoms with Gasteiger partial charge in [-0.25, -0.2) is 13.9 Å². The number of hydrogen-bond donors (Lipinski definition) is 0. The van der Waals surface area contributed by atoms with Gasteiger partial charge in [0.2, 0.25) is 0 Å². The van der Waals surface area contributed by atoms with E-state index in [1.807, 2.05) is 18.2 Å². The van der Waals surface area contributed by atoms with E-state index in [1.165, 1.54) is 16.9 Å². The number of carbonyl (C=O) groups excluding carboxylic acids is 1. The summed E-state index contributed by atoms with van der Waals surface area (Å²) in [5, 5.41) is 7.62. The molecule has 0 unspecified atom stereocenters. The van der Waals surface area contributed by atoms with Gasteiger partial charge in [-0.05, 0) is 18.2 Å². The maximum Gasteiger partial charge on any atom is 0.360 e. The average molecular weight is 312 g/mol. The van der Waals surface area contributed by atoms with Crippen LogP contribution < -0.4 is 0 Å². The monoisotopic (exact) mass is 312 g/mol. The number of ether oxygens (including phenoxy) is 1. The molecule has 0 aliphatic rings. The molecule has 3 rings (SSSR count). The van der Waals surface area contributed by atoms with E-state index in [1.54, 1.807) is 24.4 Å². The highest BCUT2D eigenvalue weighted by Crippen LogP contribution is 2.09. The minimum absolute atomic E-state index is 0.0669. The third-order valence-corrected chi connectivity index (χ3v) is 3.11. The SMILES string of the molecule is O=C(OCc1ccccc1F)c1cn(Cc2ccccn2)nn1. The molecule has 0 N–H and O–H groups in total. The fourth-order valence-electron chi connectivity index (χ4n) is 1.96. The highest BCUT2D eigenvalue weighted by Gasteiger charge is 2.13. The Bertz CT molecular complexity index is 805. The zero-order valence-corrected chi connectivity index (χ0v) is 12.1. The number of esters is 1. The molecular weight excluding hydrogens is 299 g/mol. The molecule has 23 heavy (non-hydrogen) atoms. The van der Waals surface area contributed by atoms with Gasteiger partial charge in [-0.3, -0.25) is 4.98 Å². The van der Waals surface area contributed by atoms with Gasteiger partial charge in [0.15, 0.2) is 5.69 Å². The van der Waals surface area contributed by atoms with Gasteiger partial charge in [0.25, 0.3) is 0 Å². The maximum absolute atomic E-state index is 13.5. The van der Waals surface area contributed by atoms with Gasteiger partial charge in [0.1, 0.15) is 12.4 Å². The molecule has 0 fully saturated rings. The van der Waals surface area contributed by atoms with Crippen LogP contribution in [0.1, 0.15) is 21.7 Å². The van der Waals surface area contributed by atoms with Crippen LogP contribution in [0.4, 0.5) is 4.39 Å². The van der Waals surface area contributed by atoms with Crippen LogP contribution in [-0.2, 0) is 17.9 Å². The van der Waals surface area contributed by atoms with E-state index in [2.05, 4.69) is 15.3 Å². The first-order valence-corrected chi connectivity index (χ1v) is 6.93. The Balaban J connectivity index is 1.61. The molecule has 0 aliphatic carbocycles. The van der Waals surface area contributed by atoms with Crippen LogP contribution in [0.5, 0.6) is 0 Å². The summed E-state index contributed by atoms with van der Waals surface area (Å²) in [7, 11) is 0. The van der Waals surface area contributed by atoms with Crippen molar-refractivity contribution >= 4 is 5.97 Å². The molecule has 0 radical (unpaired) electrons. The van der Waals surface area contributed by atoms with E-state index in [-0.39, 0.29) is 12.3 Å². The van der Waals surface area contributed by atoms with Gasteiger partial charge in [-0.1, -0.05) is 29.5 Å². The first-order valence-electron chi connectivity index (χ1n) is 6.93. The number of pyridine rings is 1. The van der Waals surface area contributed by atoms with E-state index in [4.69, 9.17) is 4.74 Å². The molecule has 7 heteroatoms. The van der Waals surface area contributed by atoms with Crippen molar-refractivity contribution in [1.29, 1.82) is 0 Å². The summed E-state index contributed by atoms with van der Waals surface area (Å²) >= 11 is 0. The zero-order chi connectivity index (χ0) is 16.1. The second-order valence-corrected chi connectivity index (χ2v) is 4.79. The van der Waals surface area contributed by atoms with Crippen LogP contribution >= 0.6 is 0 Å². The predicted molar refractivity (Wildman–Crippen MR) is 78.9 cm³/mol. The third-order valence-electron chi connectivity index (χ3n) is 3.11. The van der Waals surface area contributed by atoms with E-state index in [9.17, 15) is 9.18 Å². The summed E-state index contributed by atoms with van der Waals surface area (Å²) < 4.78 is 20.0. The molecule has 0 bridgehead atoms. The third kappa shape index (κ3) is 3.76. The average Bonchev–Trinajstić information content (AvgIpc) is 3.03. The van der Waals surface area contributed by atoms with E-state index in [0.29, 0.717) is 12.1 Å². The normalized spacial score (nSPS) is 10.5. The lowest BCUT2D eigenvalue weighted by Crippen LogP contribution is -2.07. The van der Waals surface area contributed by atoms with Gasteiger partial charge in [0, 0.05) is 11.8 Å². The first-order chi connectivity index (χ1) is 11.2. The fraction of sp³-hybridized carbons (Fsp3) is 0.125. The van der Waals surface area contributed by atoms with Crippen molar-refractivity contribution in [2.24, 2.45) is 0 Å². The van der Waals surface area contributed by atoms with E-state index < -0.39 is 11.8 Å². The molecule has 3 aromatic rings. The van der Waals surface area contributed by atoms with Crippen LogP contribution in [0, 0.1) is 5.82 Å². The number of hydrogen-bond acceptors (Lipinski definition) is 5. The lowest BCUT2D eigenvalue weighted by atomic mass is 10.2. The molecule has 2 heterocycles.